The average Bonchev–Trinajstić information content (AvgIpc) is 2.46. The number of rotatable bonds is 4. The molecule has 0 unspecified atom stereocenters. The first-order valence-corrected chi connectivity index (χ1v) is 7.86. The van der Waals surface area contributed by atoms with Crippen molar-refractivity contribution in [2.45, 2.75) is 6.42 Å². The van der Waals surface area contributed by atoms with Gasteiger partial charge in [-0.1, -0.05) is 46.4 Å². The van der Waals surface area contributed by atoms with E-state index in [1.165, 1.54) is 12.1 Å². The van der Waals surface area contributed by atoms with E-state index in [-0.39, 0.29) is 5.02 Å². The van der Waals surface area contributed by atoms with E-state index in [0.29, 0.717) is 26.4 Å². The molecule has 8 heteroatoms. The van der Waals surface area contributed by atoms with Crippen LogP contribution in [-0.4, -0.2) is 11.8 Å². The highest BCUT2D eigenvalue weighted by Crippen LogP contribution is 2.26. The fraction of sp³-hybridized carbons (Fsp3) is 0.0667. The molecule has 0 aliphatic heterocycles. The molecule has 120 valence electrons. The summed E-state index contributed by atoms with van der Waals surface area (Å²) in [6.45, 7) is 0. The fourth-order valence-electron chi connectivity index (χ4n) is 1.72. The van der Waals surface area contributed by atoms with Gasteiger partial charge in [0.05, 0.1) is 21.4 Å². The molecule has 0 aromatic heterocycles. The molecule has 2 aromatic carbocycles. The van der Waals surface area contributed by atoms with Crippen LogP contribution in [0.3, 0.4) is 0 Å². The van der Waals surface area contributed by atoms with Crippen molar-refractivity contribution in [2.75, 3.05) is 10.6 Å². The van der Waals surface area contributed by atoms with Crippen LogP contribution in [0, 0.1) is 0 Å². The van der Waals surface area contributed by atoms with Crippen LogP contribution in [-0.2, 0) is 9.59 Å². The molecule has 0 bridgehead atoms. The topological polar surface area (TPSA) is 58.2 Å². The minimum absolute atomic E-state index is 0.282. The van der Waals surface area contributed by atoms with Gasteiger partial charge in [0, 0.05) is 10.0 Å². The van der Waals surface area contributed by atoms with Crippen molar-refractivity contribution in [3.05, 3.63) is 56.5 Å². The number of halogens is 4. The Labute approximate surface area is 152 Å². The number of carbonyl (C=O) groups is 2. The minimum Gasteiger partial charge on any atom is -0.324 e. The smallest absolute Gasteiger partial charge is 0.233 e. The maximum Gasteiger partial charge on any atom is 0.233 e. The van der Waals surface area contributed by atoms with Gasteiger partial charge in [0.25, 0.3) is 0 Å². The average molecular weight is 392 g/mol. The number of hydrogen-bond donors (Lipinski definition) is 2. The molecule has 0 radical (unpaired) electrons. The van der Waals surface area contributed by atoms with E-state index in [1.54, 1.807) is 24.3 Å². The molecule has 2 amide bonds. The molecule has 0 spiro atoms. The Morgan fingerprint density at radius 1 is 0.739 bits per heavy atom. The first kappa shape index (κ1) is 17.9. The highest BCUT2D eigenvalue weighted by atomic mass is 35.5. The molecular formula is C15H10Cl4N2O2. The molecule has 0 aliphatic rings. The number of amides is 2. The summed E-state index contributed by atoms with van der Waals surface area (Å²) in [5.74, 6) is -1.05. The summed E-state index contributed by atoms with van der Waals surface area (Å²) in [6, 6.07) is 9.26. The molecule has 0 atom stereocenters. The van der Waals surface area contributed by atoms with Crippen molar-refractivity contribution in [3.63, 3.8) is 0 Å². The molecule has 0 saturated heterocycles. The minimum atomic E-state index is -0.531. The second kappa shape index (κ2) is 7.88. The fourth-order valence-corrected chi connectivity index (χ4v) is 2.51. The van der Waals surface area contributed by atoms with Gasteiger partial charge in [-0.25, -0.2) is 0 Å². The molecule has 23 heavy (non-hydrogen) atoms. The first-order chi connectivity index (χ1) is 10.8. The van der Waals surface area contributed by atoms with Crippen molar-refractivity contribution in [1.82, 2.24) is 0 Å². The van der Waals surface area contributed by atoms with E-state index in [4.69, 9.17) is 46.4 Å². The molecule has 0 fully saturated rings. The SMILES string of the molecule is O=C(CC(=O)Nc1cc(Cl)ccc1Cl)Nc1ccc(Cl)cc1Cl. The van der Waals surface area contributed by atoms with E-state index in [2.05, 4.69) is 10.6 Å². The highest BCUT2D eigenvalue weighted by molar-refractivity contribution is 6.37. The van der Waals surface area contributed by atoms with E-state index >= 15 is 0 Å². The van der Waals surface area contributed by atoms with E-state index in [9.17, 15) is 9.59 Å². The molecule has 2 rings (SSSR count). The summed E-state index contributed by atoms with van der Waals surface area (Å²) in [7, 11) is 0. The lowest BCUT2D eigenvalue weighted by molar-refractivity contribution is -0.123. The molecule has 2 N–H and O–H groups in total. The first-order valence-electron chi connectivity index (χ1n) is 6.35. The van der Waals surface area contributed by atoms with Gasteiger partial charge in [-0.05, 0) is 36.4 Å². The van der Waals surface area contributed by atoms with Gasteiger partial charge in [-0.2, -0.15) is 0 Å². The van der Waals surface area contributed by atoms with Crippen LogP contribution in [0.1, 0.15) is 6.42 Å². The van der Waals surface area contributed by atoms with Crippen molar-refractivity contribution in [2.24, 2.45) is 0 Å². The van der Waals surface area contributed by atoms with Crippen LogP contribution in [0.4, 0.5) is 11.4 Å². The molecule has 0 heterocycles. The van der Waals surface area contributed by atoms with Crippen LogP contribution in [0.15, 0.2) is 36.4 Å². The van der Waals surface area contributed by atoms with Crippen LogP contribution in [0.5, 0.6) is 0 Å². The van der Waals surface area contributed by atoms with Crippen molar-refractivity contribution in [1.29, 1.82) is 0 Å². The quantitative estimate of drug-likeness (QED) is 0.697. The largest absolute Gasteiger partial charge is 0.324 e. The lowest BCUT2D eigenvalue weighted by Gasteiger charge is -2.09. The van der Waals surface area contributed by atoms with Gasteiger partial charge in [0.1, 0.15) is 6.42 Å². The van der Waals surface area contributed by atoms with Gasteiger partial charge in [0.15, 0.2) is 0 Å². The van der Waals surface area contributed by atoms with Crippen LogP contribution in [0.2, 0.25) is 20.1 Å². The van der Waals surface area contributed by atoms with Crippen molar-refractivity contribution >= 4 is 69.6 Å². The Balaban J connectivity index is 1.97. The molecule has 2 aromatic rings. The maximum atomic E-state index is 11.9. The van der Waals surface area contributed by atoms with Gasteiger partial charge in [-0.15, -0.1) is 0 Å². The molecule has 4 nitrogen and oxygen atoms in total. The highest BCUT2D eigenvalue weighted by Gasteiger charge is 2.13. The third-order valence-electron chi connectivity index (χ3n) is 2.73. The summed E-state index contributed by atoms with van der Waals surface area (Å²) in [5, 5.41) is 6.52. The van der Waals surface area contributed by atoms with Crippen molar-refractivity contribution < 1.29 is 9.59 Å². The number of hydrogen-bond acceptors (Lipinski definition) is 2. The standard InChI is InChI=1S/C15H10Cl4N2O2/c16-8-2-4-12(11(19)5-8)20-14(22)7-15(23)21-13-6-9(17)1-3-10(13)18/h1-6H,7H2,(H,20,22)(H,21,23). The lowest BCUT2D eigenvalue weighted by atomic mass is 10.2. The zero-order chi connectivity index (χ0) is 17.0. The predicted molar refractivity (Wildman–Crippen MR) is 94.8 cm³/mol. The Morgan fingerprint density at radius 3 is 1.96 bits per heavy atom. The Kier molecular flexibility index (Phi) is 6.13. The number of carbonyl (C=O) groups excluding carboxylic acids is 2. The molecule has 0 saturated carbocycles. The third kappa shape index (κ3) is 5.29. The second-order valence-electron chi connectivity index (χ2n) is 4.52. The van der Waals surface area contributed by atoms with Crippen molar-refractivity contribution in [3.8, 4) is 0 Å². The number of nitrogens with one attached hydrogen (secondary N) is 2. The lowest BCUT2D eigenvalue weighted by Crippen LogP contribution is -2.21. The summed E-state index contributed by atoms with van der Waals surface area (Å²) in [4.78, 5) is 23.8. The normalized spacial score (nSPS) is 10.3. The van der Waals surface area contributed by atoms with Crippen LogP contribution in [0.25, 0.3) is 0 Å². The predicted octanol–water partition coefficient (Wildman–Crippen LogP) is 5.27. The van der Waals surface area contributed by atoms with E-state index in [1.807, 2.05) is 0 Å². The Hall–Kier alpha value is -1.46. The van der Waals surface area contributed by atoms with E-state index in [0.717, 1.165) is 0 Å². The Morgan fingerprint density at radius 2 is 1.30 bits per heavy atom. The van der Waals surface area contributed by atoms with Gasteiger partial charge in [0.2, 0.25) is 11.8 Å². The molecular weight excluding hydrogens is 382 g/mol. The van der Waals surface area contributed by atoms with Crippen LogP contribution < -0.4 is 10.6 Å². The maximum absolute atomic E-state index is 11.9. The van der Waals surface area contributed by atoms with Gasteiger partial charge < -0.3 is 10.6 Å². The number of anilines is 2. The van der Waals surface area contributed by atoms with E-state index < -0.39 is 18.2 Å². The summed E-state index contributed by atoms with van der Waals surface area (Å²) >= 11 is 23.5. The monoisotopic (exact) mass is 390 g/mol. The second-order valence-corrected chi connectivity index (χ2v) is 6.21. The van der Waals surface area contributed by atoms with Crippen LogP contribution >= 0.6 is 46.4 Å². The zero-order valence-corrected chi connectivity index (χ0v) is 14.5. The summed E-state index contributed by atoms with van der Waals surface area (Å²) in [5.41, 5.74) is 0.705. The third-order valence-corrected chi connectivity index (χ3v) is 3.84. The Bertz CT molecular complexity index is 765. The van der Waals surface area contributed by atoms with Gasteiger partial charge >= 0.3 is 0 Å². The molecule has 0 aliphatic carbocycles. The number of benzene rings is 2. The van der Waals surface area contributed by atoms with Gasteiger partial charge in [-0.3, -0.25) is 9.59 Å². The summed E-state index contributed by atoms with van der Waals surface area (Å²) < 4.78 is 0. The summed E-state index contributed by atoms with van der Waals surface area (Å²) in [6.07, 6.45) is -0.401. The zero-order valence-electron chi connectivity index (χ0n) is 11.5.